The molecule has 0 aromatic carbocycles. The maximum atomic E-state index is 6.78. The zero-order valence-electron chi connectivity index (χ0n) is 18.5. The molecule has 0 bridgehead atoms. The van der Waals surface area contributed by atoms with Crippen molar-refractivity contribution in [2.75, 3.05) is 6.16 Å². The van der Waals surface area contributed by atoms with Crippen molar-refractivity contribution in [3.8, 4) is 0 Å². The third kappa shape index (κ3) is 6.57. The van der Waals surface area contributed by atoms with Gasteiger partial charge in [-0.1, -0.05) is 53.2 Å². The summed E-state index contributed by atoms with van der Waals surface area (Å²) in [6, 6.07) is 0. The Hall–Kier alpha value is 0.524. The first-order chi connectivity index (χ1) is 11.1. The highest BCUT2D eigenvalue weighted by atomic mass is 31.0. The molecule has 148 valence electrons. The van der Waals surface area contributed by atoms with Gasteiger partial charge in [-0.2, -0.15) is 0 Å². The van der Waals surface area contributed by atoms with Gasteiger partial charge in [0.15, 0.2) is 16.6 Å². The van der Waals surface area contributed by atoms with Gasteiger partial charge in [0.05, 0.1) is 12.2 Å². The summed E-state index contributed by atoms with van der Waals surface area (Å²) in [6.07, 6.45) is 7.23. The van der Waals surface area contributed by atoms with Crippen LogP contribution in [0.2, 0.25) is 36.3 Å². The maximum Gasteiger partial charge on any atom is 0.192 e. The van der Waals surface area contributed by atoms with E-state index < -0.39 is 16.6 Å². The van der Waals surface area contributed by atoms with Gasteiger partial charge in [-0.15, -0.1) is 9.24 Å². The minimum Gasteiger partial charge on any atom is -0.414 e. The topological polar surface area (TPSA) is 18.5 Å². The lowest BCUT2D eigenvalue weighted by Gasteiger charge is -2.45. The summed E-state index contributed by atoms with van der Waals surface area (Å²) < 4.78 is 13.6. The molecular formula is C20H43O2PSi2. The van der Waals surface area contributed by atoms with Gasteiger partial charge in [0, 0.05) is 0 Å². The second-order valence-corrected chi connectivity index (χ2v) is 20.7. The average molecular weight is 403 g/mol. The van der Waals surface area contributed by atoms with Crippen LogP contribution in [0.5, 0.6) is 0 Å². The maximum absolute atomic E-state index is 6.78. The van der Waals surface area contributed by atoms with Crippen molar-refractivity contribution in [1.82, 2.24) is 0 Å². The molecule has 3 atom stereocenters. The summed E-state index contributed by atoms with van der Waals surface area (Å²) >= 11 is 0. The van der Waals surface area contributed by atoms with Gasteiger partial charge in [-0.05, 0) is 61.7 Å². The number of hydrogen-bond donors (Lipinski definition) is 0. The molecule has 1 aliphatic rings. The Kier molecular flexibility index (Phi) is 7.79. The highest BCUT2D eigenvalue weighted by molar-refractivity contribution is 7.16. The van der Waals surface area contributed by atoms with Gasteiger partial charge in [0.1, 0.15) is 0 Å². The molecule has 0 aliphatic heterocycles. The van der Waals surface area contributed by atoms with E-state index in [0.717, 1.165) is 25.4 Å². The van der Waals surface area contributed by atoms with Gasteiger partial charge >= 0.3 is 0 Å². The van der Waals surface area contributed by atoms with E-state index in [9.17, 15) is 0 Å². The molecule has 1 fully saturated rings. The summed E-state index contributed by atoms with van der Waals surface area (Å²) in [5, 5.41) is 0.509. The normalized spacial score (nSPS) is 25.5. The fourth-order valence-electron chi connectivity index (χ4n) is 2.83. The van der Waals surface area contributed by atoms with Crippen LogP contribution in [-0.4, -0.2) is 35.0 Å². The predicted molar refractivity (Wildman–Crippen MR) is 121 cm³/mol. The van der Waals surface area contributed by atoms with Crippen molar-refractivity contribution < 1.29 is 8.85 Å². The van der Waals surface area contributed by atoms with Crippen LogP contribution in [0, 0.1) is 0 Å². The molecule has 1 saturated carbocycles. The molecule has 0 radical (unpaired) electrons. The molecule has 2 nitrogen and oxygen atoms in total. The molecular weight excluding hydrogens is 359 g/mol. The van der Waals surface area contributed by atoms with E-state index in [0.29, 0.717) is 12.2 Å². The van der Waals surface area contributed by atoms with Crippen LogP contribution in [0.1, 0.15) is 60.8 Å². The van der Waals surface area contributed by atoms with E-state index in [-0.39, 0.29) is 10.1 Å². The van der Waals surface area contributed by atoms with Crippen LogP contribution in [-0.2, 0) is 8.85 Å². The number of hydrogen-bond acceptors (Lipinski definition) is 2. The van der Waals surface area contributed by atoms with E-state index in [1.165, 1.54) is 5.57 Å². The fraction of sp³-hybridized carbons (Fsp3) is 0.900. The first-order valence-corrected chi connectivity index (χ1v) is 16.5. The van der Waals surface area contributed by atoms with E-state index in [4.69, 9.17) is 8.85 Å². The van der Waals surface area contributed by atoms with Crippen molar-refractivity contribution in [2.45, 2.75) is 109 Å². The summed E-state index contributed by atoms with van der Waals surface area (Å²) in [6.45, 7) is 23.4. The fourth-order valence-corrected chi connectivity index (χ4v) is 5.89. The summed E-state index contributed by atoms with van der Waals surface area (Å²) in [5.41, 5.74) is 1.52. The molecule has 0 N–H and O–H groups in total. The lowest BCUT2D eigenvalue weighted by atomic mass is 9.90. The van der Waals surface area contributed by atoms with Crippen LogP contribution in [0.4, 0.5) is 0 Å². The van der Waals surface area contributed by atoms with E-state index in [1.54, 1.807) is 0 Å². The standard InChI is InChI=1S/C20H43O2PSi2/c1-19(2,3)24(7,8)21-17-13-16(11-12-23)14-18(15-17)22-25(9,10)20(4,5)6/h11,17-18H,12-15,23H2,1-10H3/t17-,18?/m1/s1. The molecule has 5 heteroatoms. The Morgan fingerprint density at radius 3 is 1.52 bits per heavy atom. The summed E-state index contributed by atoms with van der Waals surface area (Å²) in [7, 11) is -0.666. The highest BCUT2D eigenvalue weighted by Gasteiger charge is 2.43. The van der Waals surface area contributed by atoms with Crippen molar-refractivity contribution in [1.29, 1.82) is 0 Å². The highest BCUT2D eigenvalue weighted by Crippen LogP contribution is 2.42. The third-order valence-corrected chi connectivity index (χ3v) is 15.8. The van der Waals surface area contributed by atoms with E-state index >= 15 is 0 Å². The minimum absolute atomic E-state index is 0.255. The molecule has 0 amide bonds. The predicted octanol–water partition coefficient (Wildman–Crippen LogP) is 6.75. The number of allylic oxidation sites excluding steroid dienone is 1. The van der Waals surface area contributed by atoms with Crippen molar-refractivity contribution in [3.63, 3.8) is 0 Å². The average Bonchev–Trinajstić information content (AvgIpc) is 2.34. The molecule has 2 unspecified atom stereocenters. The Labute approximate surface area is 162 Å². The molecule has 0 saturated heterocycles. The van der Waals surface area contributed by atoms with Gasteiger partial charge in [0.25, 0.3) is 0 Å². The quantitative estimate of drug-likeness (QED) is 0.287. The first-order valence-electron chi connectivity index (χ1n) is 9.82. The van der Waals surface area contributed by atoms with Crippen LogP contribution >= 0.6 is 9.24 Å². The van der Waals surface area contributed by atoms with Crippen LogP contribution in [0.15, 0.2) is 11.6 Å². The smallest absolute Gasteiger partial charge is 0.192 e. The Morgan fingerprint density at radius 1 is 0.880 bits per heavy atom. The van der Waals surface area contributed by atoms with Crippen molar-refractivity contribution in [3.05, 3.63) is 11.6 Å². The summed E-state index contributed by atoms with van der Waals surface area (Å²) in [5.74, 6) is 0. The van der Waals surface area contributed by atoms with Gasteiger partial charge < -0.3 is 8.85 Å². The Balaban J connectivity index is 2.94. The molecule has 1 aliphatic carbocycles. The Morgan fingerprint density at radius 2 is 1.24 bits per heavy atom. The third-order valence-electron chi connectivity index (χ3n) is 6.45. The monoisotopic (exact) mass is 402 g/mol. The molecule has 1 rings (SSSR count). The van der Waals surface area contributed by atoms with Crippen molar-refractivity contribution in [2.24, 2.45) is 0 Å². The van der Waals surface area contributed by atoms with Crippen LogP contribution in [0.3, 0.4) is 0 Å². The van der Waals surface area contributed by atoms with E-state index in [1.807, 2.05) is 0 Å². The second-order valence-electron chi connectivity index (χ2n) is 10.7. The van der Waals surface area contributed by atoms with Crippen LogP contribution in [0.25, 0.3) is 0 Å². The lowest BCUT2D eigenvalue weighted by Crippen LogP contribution is -2.48. The minimum atomic E-state index is -1.75. The first kappa shape index (κ1) is 23.6. The molecule has 0 aromatic rings. The van der Waals surface area contributed by atoms with Gasteiger partial charge in [-0.25, -0.2) is 0 Å². The molecule has 0 spiro atoms. The zero-order valence-corrected chi connectivity index (χ0v) is 21.6. The SMILES string of the molecule is CC(C)(C)[Si](C)(C)OC1CC(=CCP)C[C@@H](O[Si](C)(C)C(C)(C)C)C1. The van der Waals surface area contributed by atoms with Gasteiger partial charge in [0.2, 0.25) is 0 Å². The summed E-state index contributed by atoms with van der Waals surface area (Å²) in [4.78, 5) is 0. The molecule has 25 heavy (non-hydrogen) atoms. The number of rotatable bonds is 5. The molecule has 0 aromatic heterocycles. The molecule has 0 heterocycles. The lowest BCUT2D eigenvalue weighted by molar-refractivity contribution is 0.0725. The van der Waals surface area contributed by atoms with Gasteiger partial charge in [-0.3, -0.25) is 0 Å². The Bertz CT molecular complexity index is 435. The second kappa shape index (κ2) is 8.26. The van der Waals surface area contributed by atoms with Crippen molar-refractivity contribution >= 4 is 25.9 Å². The van der Waals surface area contributed by atoms with Crippen LogP contribution < -0.4 is 0 Å². The van der Waals surface area contributed by atoms with E-state index in [2.05, 4.69) is 83.0 Å². The zero-order chi connectivity index (χ0) is 19.7. The largest absolute Gasteiger partial charge is 0.414 e.